The highest BCUT2D eigenvalue weighted by Gasteiger charge is 2.30. The van der Waals surface area contributed by atoms with E-state index in [9.17, 15) is 8.42 Å². The molecular formula is C12H20N2O3S2. The molecule has 1 fully saturated rings. The van der Waals surface area contributed by atoms with Gasteiger partial charge in [-0.05, 0) is 36.8 Å². The van der Waals surface area contributed by atoms with Crippen LogP contribution in [-0.2, 0) is 10.0 Å². The van der Waals surface area contributed by atoms with Crippen molar-refractivity contribution in [3.8, 4) is 5.75 Å². The second-order valence-corrected chi connectivity index (χ2v) is 7.61. The quantitative estimate of drug-likeness (QED) is 0.865. The van der Waals surface area contributed by atoms with Gasteiger partial charge in [0.2, 0.25) is 0 Å². The first kappa shape index (κ1) is 14.8. The minimum absolute atomic E-state index is 0.0597. The molecule has 7 heteroatoms. The third-order valence-corrected chi connectivity index (χ3v) is 6.51. The Kier molecular flexibility index (Phi) is 4.83. The van der Waals surface area contributed by atoms with E-state index in [4.69, 9.17) is 10.5 Å². The van der Waals surface area contributed by atoms with Crippen LogP contribution in [0, 0.1) is 5.92 Å². The summed E-state index contributed by atoms with van der Waals surface area (Å²) in [6.07, 6.45) is 4.02. The van der Waals surface area contributed by atoms with Crippen LogP contribution in [0.4, 0.5) is 0 Å². The smallest absolute Gasteiger partial charge is 0.254 e. The highest BCUT2D eigenvalue weighted by atomic mass is 32.2. The van der Waals surface area contributed by atoms with E-state index in [-0.39, 0.29) is 16.2 Å². The van der Waals surface area contributed by atoms with Crippen molar-refractivity contribution in [2.45, 2.75) is 35.9 Å². The van der Waals surface area contributed by atoms with Crippen LogP contribution in [0.2, 0.25) is 0 Å². The summed E-state index contributed by atoms with van der Waals surface area (Å²) in [4.78, 5) is 0. The van der Waals surface area contributed by atoms with Gasteiger partial charge in [0.1, 0.15) is 5.75 Å². The maximum absolute atomic E-state index is 12.4. The van der Waals surface area contributed by atoms with Gasteiger partial charge in [-0.25, -0.2) is 13.1 Å². The molecular weight excluding hydrogens is 284 g/mol. The third-order valence-electron chi connectivity index (χ3n) is 3.58. The molecule has 0 bridgehead atoms. The van der Waals surface area contributed by atoms with Gasteiger partial charge in [0.25, 0.3) is 10.0 Å². The Morgan fingerprint density at radius 1 is 1.47 bits per heavy atom. The van der Waals surface area contributed by atoms with E-state index >= 15 is 0 Å². The minimum atomic E-state index is -3.51. The molecule has 19 heavy (non-hydrogen) atoms. The molecule has 1 aliphatic rings. The number of sulfonamides is 1. The van der Waals surface area contributed by atoms with Crippen LogP contribution in [0.3, 0.4) is 0 Å². The second kappa shape index (κ2) is 6.21. The predicted molar refractivity (Wildman–Crippen MR) is 76.0 cm³/mol. The van der Waals surface area contributed by atoms with Crippen LogP contribution in [0.5, 0.6) is 5.75 Å². The summed E-state index contributed by atoms with van der Waals surface area (Å²) in [6.45, 7) is 0.523. The fourth-order valence-corrected chi connectivity index (χ4v) is 5.16. The van der Waals surface area contributed by atoms with Gasteiger partial charge in [-0.2, -0.15) is 0 Å². The first-order valence-electron chi connectivity index (χ1n) is 6.42. The molecule has 0 amide bonds. The van der Waals surface area contributed by atoms with Crippen LogP contribution in [0.15, 0.2) is 15.7 Å². The van der Waals surface area contributed by atoms with Crippen molar-refractivity contribution in [1.29, 1.82) is 0 Å². The van der Waals surface area contributed by atoms with Crippen molar-refractivity contribution in [1.82, 2.24) is 4.72 Å². The Morgan fingerprint density at radius 2 is 2.21 bits per heavy atom. The lowest BCUT2D eigenvalue weighted by Gasteiger charge is -2.30. The molecule has 0 radical (unpaired) electrons. The number of methoxy groups -OCH3 is 1. The number of hydrogen-bond donors (Lipinski definition) is 2. The monoisotopic (exact) mass is 304 g/mol. The molecule has 108 valence electrons. The molecule has 3 N–H and O–H groups in total. The lowest BCUT2D eigenvalue weighted by Crippen LogP contribution is -2.44. The second-order valence-electron chi connectivity index (χ2n) is 4.78. The van der Waals surface area contributed by atoms with Crippen LogP contribution in [0.1, 0.15) is 25.7 Å². The summed E-state index contributed by atoms with van der Waals surface area (Å²) in [7, 11) is -2.04. The van der Waals surface area contributed by atoms with E-state index in [1.54, 1.807) is 11.4 Å². The zero-order valence-corrected chi connectivity index (χ0v) is 12.6. The van der Waals surface area contributed by atoms with Crippen molar-refractivity contribution in [2.75, 3.05) is 13.7 Å². The Labute approximate surface area is 118 Å². The standard InChI is InChI=1S/C12H20N2O3S2/c1-17-11-6-7-18-12(11)19(15,16)14-10-5-3-2-4-9(10)8-13/h6-7,9-10,14H,2-5,8,13H2,1H3/t9-,10+/m1/s1. The van der Waals surface area contributed by atoms with E-state index in [2.05, 4.69) is 4.72 Å². The molecule has 1 heterocycles. The van der Waals surface area contributed by atoms with E-state index in [1.807, 2.05) is 0 Å². The normalized spacial score (nSPS) is 24.3. The van der Waals surface area contributed by atoms with Gasteiger partial charge < -0.3 is 10.5 Å². The summed E-state index contributed by atoms with van der Waals surface area (Å²) in [5.74, 6) is 0.632. The van der Waals surface area contributed by atoms with Gasteiger partial charge in [-0.15, -0.1) is 11.3 Å². The average molecular weight is 304 g/mol. The fourth-order valence-electron chi connectivity index (χ4n) is 2.53. The molecule has 1 aliphatic carbocycles. The highest BCUT2D eigenvalue weighted by molar-refractivity contribution is 7.91. The number of rotatable bonds is 5. The van der Waals surface area contributed by atoms with E-state index in [0.717, 1.165) is 25.7 Å². The molecule has 0 unspecified atom stereocenters. The van der Waals surface area contributed by atoms with Gasteiger partial charge >= 0.3 is 0 Å². The van der Waals surface area contributed by atoms with Crippen molar-refractivity contribution in [3.63, 3.8) is 0 Å². The highest BCUT2D eigenvalue weighted by Crippen LogP contribution is 2.31. The molecule has 0 saturated heterocycles. The third kappa shape index (κ3) is 3.28. The van der Waals surface area contributed by atoms with Crippen molar-refractivity contribution in [3.05, 3.63) is 11.4 Å². The lowest BCUT2D eigenvalue weighted by atomic mass is 9.85. The number of ether oxygens (including phenoxy) is 1. The molecule has 1 aromatic rings. The molecule has 0 spiro atoms. The fraction of sp³-hybridized carbons (Fsp3) is 0.667. The molecule has 0 aromatic carbocycles. The van der Waals surface area contributed by atoms with Crippen LogP contribution < -0.4 is 15.2 Å². The molecule has 2 rings (SSSR count). The van der Waals surface area contributed by atoms with E-state index in [1.165, 1.54) is 18.4 Å². The summed E-state index contributed by atoms with van der Waals surface area (Å²) in [5.41, 5.74) is 5.73. The summed E-state index contributed by atoms with van der Waals surface area (Å²) >= 11 is 1.17. The largest absolute Gasteiger partial charge is 0.494 e. The van der Waals surface area contributed by atoms with Gasteiger partial charge in [0.15, 0.2) is 4.21 Å². The maximum atomic E-state index is 12.4. The zero-order valence-electron chi connectivity index (χ0n) is 11.0. The molecule has 1 saturated carbocycles. The Morgan fingerprint density at radius 3 is 2.89 bits per heavy atom. The Hall–Kier alpha value is -0.630. The van der Waals surface area contributed by atoms with Crippen LogP contribution >= 0.6 is 11.3 Å². The molecule has 1 aromatic heterocycles. The topological polar surface area (TPSA) is 81.4 Å². The van der Waals surface area contributed by atoms with E-state index < -0.39 is 10.0 Å². The molecule has 0 aliphatic heterocycles. The van der Waals surface area contributed by atoms with Crippen molar-refractivity contribution in [2.24, 2.45) is 11.7 Å². The van der Waals surface area contributed by atoms with E-state index in [0.29, 0.717) is 12.3 Å². The van der Waals surface area contributed by atoms with Gasteiger partial charge in [-0.3, -0.25) is 0 Å². The number of nitrogens with two attached hydrogens (primary N) is 1. The lowest BCUT2D eigenvalue weighted by molar-refractivity contribution is 0.296. The number of nitrogens with one attached hydrogen (secondary N) is 1. The number of hydrogen-bond acceptors (Lipinski definition) is 5. The van der Waals surface area contributed by atoms with Crippen molar-refractivity contribution < 1.29 is 13.2 Å². The SMILES string of the molecule is COc1ccsc1S(=O)(=O)N[C@H]1CCCC[C@@H]1CN. The summed E-state index contributed by atoms with van der Waals surface area (Å²) in [5, 5.41) is 1.72. The molecule has 5 nitrogen and oxygen atoms in total. The summed E-state index contributed by atoms with van der Waals surface area (Å²) < 4.78 is 32.9. The number of thiophene rings is 1. The van der Waals surface area contributed by atoms with Gasteiger partial charge in [0.05, 0.1) is 7.11 Å². The zero-order chi connectivity index (χ0) is 13.9. The van der Waals surface area contributed by atoms with Crippen LogP contribution in [0.25, 0.3) is 0 Å². The molecule has 2 atom stereocenters. The Bertz CT molecular complexity index is 513. The van der Waals surface area contributed by atoms with Crippen molar-refractivity contribution >= 4 is 21.4 Å². The predicted octanol–water partition coefficient (Wildman–Crippen LogP) is 1.55. The summed E-state index contributed by atoms with van der Waals surface area (Å²) in [6, 6.07) is 1.61. The first-order chi connectivity index (χ1) is 9.08. The average Bonchev–Trinajstić information content (AvgIpc) is 2.88. The Balaban J connectivity index is 2.16. The minimum Gasteiger partial charge on any atom is -0.494 e. The van der Waals surface area contributed by atoms with Crippen LogP contribution in [-0.4, -0.2) is 28.1 Å². The van der Waals surface area contributed by atoms with Gasteiger partial charge in [-0.1, -0.05) is 12.8 Å². The first-order valence-corrected chi connectivity index (χ1v) is 8.78. The maximum Gasteiger partial charge on any atom is 0.254 e. The van der Waals surface area contributed by atoms with Gasteiger partial charge in [0, 0.05) is 6.04 Å².